The van der Waals surface area contributed by atoms with Crippen molar-refractivity contribution in [2.45, 2.75) is 39.3 Å². The fourth-order valence-electron chi connectivity index (χ4n) is 1.94. The summed E-state index contributed by atoms with van der Waals surface area (Å²) in [5, 5.41) is 12.9. The summed E-state index contributed by atoms with van der Waals surface area (Å²) in [6.07, 6.45) is 2.09. The number of rotatable bonds is 5. The lowest BCUT2D eigenvalue weighted by atomic mass is 10.4. The SMILES string of the molecule is Cc1nc(CNC(=O)N(CCO)C2CC2)c(C)s1. The molecule has 1 aromatic rings. The molecule has 100 valence electrons. The third kappa shape index (κ3) is 3.20. The van der Waals surface area contributed by atoms with Gasteiger partial charge in [0.1, 0.15) is 0 Å². The van der Waals surface area contributed by atoms with Gasteiger partial charge in [0.2, 0.25) is 0 Å². The quantitative estimate of drug-likeness (QED) is 0.850. The highest BCUT2D eigenvalue weighted by molar-refractivity contribution is 7.11. The molecule has 0 aliphatic heterocycles. The Kier molecular flexibility index (Phi) is 4.19. The molecule has 2 amide bonds. The summed E-state index contributed by atoms with van der Waals surface area (Å²) in [6, 6.07) is 0.215. The van der Waals surface area contributed by atoms with E-state index in [2.05, 4.69) is 10.3 Å². The molecule has 0 unspecified atom stereocenters. The van der Waals surface area contributed by atoms with Crippen molar-refractivity contribution < 1.29 is 9.90 Å². The monoisotopic (exact) mass is 269 g/mol. The van der Waals surface area contributed by atoms with E-state index in [0.717, 1.165) is 28.4 Å². The summed E-state index contributed by atoms with van der Waals surface area (Å²) in [5.74, 6) is 0. The number of nitrogens with one attached hydrogen (secondary N) is 1. The van der Waals surface area contributed by atoms with Crippen molar-refractivity contribution >= 4 is 17.4 Å². The van der Waals surface area contributed by atoms with Gasteiger partial charge in [0.05, 0.1) is 23.9 Å². The van der Waals surface area contributed by atoms with Crippen LogP contribution < -0.4 is 5.32 Å². The molecule has 2 N–H and O–H groups in total. The number of aryl methyl sites for hydroxylation is 2. The van der Waals surface area contributed by atoms with Gasteiger partial charge in [-0.1, -0.05) is 0 Å². The Morgan fingerprint density at radius 1 is 1.56 bits per heavy atom. The topological polar surface area (TPSA) is 65.5 Å². The number of urea groups is 1. The minimum absolute atomic E-state index is 0.0127. The molecule has 0 aromatic carbocycles. The summed E-state index contributed by atoms with van der Waals surface area (Å²) in [7, 11) is 0. The smallest absolute Gasteiger partial charge is 0.318 e. The molecule has 18 heavy (non-hydrogen) atoms. The molecule has 0 spiro atoms. The molecular formula is C12H19N3O2S. The van der Waals surface area contributed by atoms with E-state index in [9.17, 15) is 4.79 Å². The molecule has 0 radical (unpaired) electrons. The standard InChI is InChI=1S/C12H19N3O2S/c1-8-11(14-9(2)18-8)7-13-12(17)15(5-6-16)10-3-4-10/h10,16H,3-7H2,1-2H3,(H,13,17). The maximum absolute atomic E-state index is 12.0. The summed E-state index contributed by atoms with van der Waals surface area (Å²) in [4.78, 5) is 19.2. The van der Waals surface area contributed by atoms with Gasteiger partial charge in [0.15, 0.2) is 0 Å². The Morgan fingerprint density at radius 3 is 2.78 bits per heavy atom. The molecule has 0 atom stereocenters. The lowest BCUT2D eigenvalue weighted by molar-refractivity contribution is 0.173. The number of carbonyl (C=O) groups is 1. The summed E-state index contributed by atoms with van der Waals surface area (Å²) < 4.78 is 0. The maximum atomic E-state index is 12.0. The van der Waals surface area contributed by atoms with E-state index in [1.165, 1.54) is 0 Å². The molecule has 1 aliphatic rings. The summed E-state index contributed by atoms with van der Waals surface area (Å²) >= 11 is 1.64. The summed E-state index contributed by atoms with van der Waals surface area (Å²) in [6.45, 7) is 4.86. The van der Waals surface area contributed by atoms with Gasteiger partial charge < -0.3 is 15.3 Å². The van der Waals surface area contributed by atoms with E-state index >= 15 is 0 Å². The number of hydrogen-bond acceptors (Lipinski definition) is 4. The van der Waals surface area contributed by atoms with Crippen LogP contribution in [0.5, 0.6) is 0 Å². The third-order valence-electron chi connectivity index (χ3n) is 3.00. The normalized spacial score (nSPS) is 14.6. The zero-order chi connectivity index (χ0) is 13.1. The highest BCUT2D eigenvalue weighted by Gasteiger charge is 2.32. The fraction of sp³-hybridized carbons (Fsp3) is 0.667. The van der Waals surface area contributed by atoms with Crippen molar-refractivity contribution in [3.8, 4) is 0 Å². The summed E-state index contributed by atoms with van der Waals surface area (Å²) in [5.41, 5.74) is 0.936. The molecule has 2 rings (SSSR count). The van der Waals surface area contributed by atoms with Gasteiger partial charge >= 0.3 is 6.03 Å². The Hall–Kier alpha value is -1.14. The van der Waals surface area contributed by atoms with Crippen LogP contribution in [0, 0.1) is 13.8 Å². The first-order valence-corrected chi connectivity index (χ1v) is 7.01. The van der Waals surface area contributed by atoms with E-state index in [1.54, 1.807) is 16.2 Å². The lowest BCUT2D eigenvalue weighted by Crippen LogP contribution is -2.42. The molecule has 1 heterocycles. The van der Waals surface area contributed by atoms with Crippen molar-refractivity contribution in [1.82, 2.24) is 15.2 Å². The van der Waals surface area contributed by atoms with Crippen LogP contribution in [-0.4, -0.2) is 40.2 Å². The Labute approximate surface area is 111 Å². The Bertz CT molecular complexity index is 429. The largest absolute Gasteiger partial charge is 0.395 e. The zero-order valence-corrected chi connectivity index (χ0v) is 11.6. The molecule has 6 heteroatoms. The van der Waals surface area contributed by atoms with Crippen LogP contribution in [0.25, 0.3) is 0 Å². The molecular weight excluding hydrogens is 250 g/mol. The Morgan fingerprint density at radius 2 is 2.28 bits per heavy atom. The van der Waals surface area contributed by atoms with Crippen LogP contribution in [0.1, 0.15) is 28.4 Å². The first kappa shape index (κ1) is 13.3. The van der Waals surface area contributed by atoms with Crippen LogP contribution in [0.15, 0.2) is 0 Å². The average Bonchev–Trinajstić information content (AvgIpc) is 3.10. The van der Waals surface area contributed by atoms with Gasteiger partial charge in [-0.05, 0) is 26.7 Å². The molecule has 1 saturated carbocycles. The van der Waals surface area contributed by atoms with Crippen LogP contribution in [0.4, 0.5) is 4.79 Å². The van der Waals surface area contributed by atoms with Crippen LogP contribution >= 0.6 is 11.3 Å². The number of amides is 2. The average molecular weight is 269 g/mol. The fourth-order valence-corrected chi connectivity index (χ4v) is 2.78. The number of aliphatic hydroxyl groups excluding tert-OH is 1. The third-order valence-corrected chi connectivity index (χ3v) is 3.92. The van der Waals surface area contributed by atoms with E-state index in [4.69, 9.17) is 5.11 Å². The van der Waals surface area contributed by atoms with Gasteiger partial charge in [-0.3, -0.25) is 0 Å². The Balaban J connectivity index is 1.88. The van der Waals surface area contributed by atoms with Crippen molar-refractivity contribution in [3.05, 3.63) is 15.6 Å². The number of aliphatic hydroxyl groups is 1. The number of nitrogens with zero attached hydrogens (tertiary/aromatic N) is 2. The predicted octanol–water partition coefficient (Wildman–Crippen LogP) is 1.43. The van der Waals surface area contributed by atoms with Gasteiger partial charge in [0, 0.05) is 17.5 Å². The number of thiazole rings is 1. The molecule has 0 saturated heterocycles. The van der Waals surface area contributed by atoms with E-state index < -0.39 is 0 Å². The van der Waals surface area contributed by atoms with Gasteiger partial charge in [-0.2, -0.15) is 0 Å². The second kappa shape index (κ2) is 5.67. The second-order valence-corrected chi connectivity index (χ2v) is 5.95. The van der Waals surface area contributed by atoms with Crippen molar-refractivity contribution in [3.63, 3.8) is 0 Å². The van der Waals surface area contributed by atoms with Gasteiger partial charge in [-0.15, -0.1) is 11.3 Å². The molecule has 1 fully saturated rings. The van der Waals surface area contributed by atoms with Crippen molar-refractivity contribution in [2.75, 3.05) is 13.2 Å². The number of aromatic nitrogens is 1. The molecule has 5 nitrogen and oxygen atoms in total. The van der Waals surface area contributed by atoms with Crippen LogP contribution in [0.2, 0.25) is 0 Å². The molecule has 1 aromatic heterocycles. The van der Waals surface area contributed by atoms with E-state index in [0.29, 0.717) is 19.1 Å². The first-order valence-electron chi connectivity index (χ1n) is 6.20. The maximum Gasteiger partial charge on any atom is 0.318 e. The molecule has 0 bridgehead atoms. The van der Waals surface area contributed by atoms with Crippen molar-refractivity contribution in [1.29, 1.82) is 0 Å². The van der Waals surface area contributed by atoms with Crippen LogP contribution in [0.3, 0.4) is 0 Å². The van der Waals surface area contributed by atoms with Crippen LogP contribution in [-0.2, 0) is 6.54 Å². The highest BCUT2D eigenvalue weighted by atomic mass is 32.1. The second-order valence-electron chi connectivity index (χ2n) is 4.54. The van der Waals surface area contributed by atoms with Gasteiger partial charge in [0.25, 0.3) is 0 Å². The van der Waals surface area contributed by atoms with E-state index in [-0.39, 0.29) is 12.6 Å². The first-order chi connectivity index (χ1) is 8.61. The molecule has 1 aliphatic carbocycles. The van der Waals surface area contributed by atoms with E-state index in [1.807, 2.05) is 13.8 Å². The van der Waals surface area contributed by atoms with Gasteiger partial charge in [-0.25, -0.2) is 9.78 Å². The lowest BCUT2D eigenvalue weighted by Gasteiger charge is -2.21. The number of hydrogen-bond donors (Lipinski definition) is 2. The highest BCUT2D eigenvalue weighted by Crippen LogP contribution is 2.26. The minimum Gasteiger partial charge on any atom is -0.395 e. The predicted molar refractivity (Wildman–Crippen MR) is 70.6 cm³/mol. The minimum atomic E-state index is -0.100. The van der Waals surface area contributed by atoms with Crippen molar-refractivity contribution in [2.24, 2.45) is 0 Å². The number of carbonyl (C=O) groups excluding carboxylic acids is 1. The zero-order valence-electron chi connectivity index (χ0n) is 10.8.